The Balaban J connectivity index is 2.31. The number of aryl methyl sites for hydroxylation is 1. The van der Waals surface area contributed by atoms with Crippen molar-refractivity contribution in [1.29, 1.82) is 0 Å². The highest BCUT2D eigenvalue weighted by Crippen LogP contribution is 2.00. The van der Waals surface area contributed by atoms with Crippen LogP contribution >= 0.6 is 0 Å². The average Bonchev–Trinajstić information content (AvgIpc) is 2.77. The molecular weight excluding hydrogens is 250 g/mol. The van der Waals surface area contributed by atoms with Crippen molar-refractivity contribution in [1.82, 2.24) is 14.9 Å². The Morgan fingerprint density at radius 1 is 1.39 bits per heavy atom. The van der Waals surface area contributed by atoms with Crippen molar-refractivity contribution in [2.45, 2.75) is 39.8 Å². The summed E-state index contributed by atoms with van der Waals surface area (Å²) in [5.41, 5.74) is 1.00. The standard InChI is InChI=1S/C12H23N3O2S/c1-3-6-13-9-12-10-15(11-14-12)7-5-8-18(16,17)4-2/h10-11,13H,3-9H2,1-2H3. The second kappa shape index (κ2) is 7.53. The molecule has 0 saturated heterocycles. The third-order valence-corrected chi connectivity index (χ3v) is 4.52. The first kappa shape index (κ1) is 15.2. The largest absolute Gasteiger partial charge is 0.337 e. The van der Waals surface area contributed by atoms with Gasteiger partial charge in [0.2, 0.25) is 0 Å². The molecule has 5 nitrogen and oxygen atoms in total. The third-order valence-electron chi connectivity index (χ3n) is 2.73. The second-order valence-electron chi connectivity index (χ2n) is 4.37. The smallest absolute Gasteiger partial charge is 0.150 e. The van der Waals surface area contributed by atoms with E-state index in [-0.39, 0.29) is 11.5 Å². The fourth-order valence-corrected chi connectivity index (χ4v) is 2.48. The lowest BCUT2D eigenvalue weighted by atomic mass is 10.4. The van der Waals surface area contributed by atoms with E-state index in [2.05, 4.69) is 17.2 Å². The molecule has 1 N–H and O–H groups in total. The lowest BCUT2D eigenvalue weighted by Crippen LogP contribution is -2.14. The Bertz CT molecular complexity index is 440. The zero-order valence-electron chi connectivity index (χ0n) is 11.2. The summed E-state index contributed by atoms with van der Waals surface area (Å²) in [6.45, 7) is 6.28. The molecule has 0 saturated carbocycles. The Morgan fingerprint density at radius 3 is 2.83 bits per heavy atom. The molecule has 0 aliphatic rings. The van der Waals surface area contributed by atoms with Crippen molar-refractivity contribution >= 4 is 9.84 Å². The van der Waals surface area contributed by atoms with Gasteiger partial charge in [-0.2, -0.15) is 0 Å². The number of aromatic nitrogens is 2. The lowest BCUT2D eigenvalue weighted by molar-refractivity contribution is 0.587. The van der Waals surface area contributed by atoms with Gasteiger partial charge in [-0.05, 0) is 19.4 Å². The molecule has 0 spiro atoms. The van der Waals surface area contributed by atoms with E-state index < -0.39 is 9.84 Å². The number of nitrogens with zero attached hydrogens (tertiary/aromatic N) is 2. The minimum Gasteiger partial charge on any atom is -0.337 e. The number of imidazole rings is 1. The van der Waals surface area contributed by atoms with Gasteiger partial charge in [0, 0.05) is 25.0 Å². The zero-order valence-corrected chi connectivity index (χ0v) is 12.0. The van der Waals surface area contributed by atoms with Crippen molar-refractivity contribution in [3.8, 4) is 0 Å². The van der Waals surface area contributed by atoms with Gasteiger partial charge in [-0.1, -0.05) is 13.8 Å². The molecule has 1 rings (SSSR count). The second-order valence-corrected chi connectivity index (χ2v) is 6.84. The first-order valence-electron chi connectivity index (χ1n) is 6.49. The number of hydrogen-bond donors (Lipinski definition) is 1. The maximum absolute atomic E-state index is 11.3. The molecule has 6 heteroatoms. The van der Waals surface area contributed by atoms with E-state index in [0.717, 1.165) is 25.2 Å². The summed E-state index contributed by atoms with van der Waals surface area (Å²) in [5, 5.41) is 3.28. The summed E-state index contributed by atoms with van der Waals surface area (Å²) in [7, 11) is -2.85. The molecule has 1 aromatic heterocycles. The maximum atomic E-state index is 11.3. The minimum atomic E-state index is -2.85. The number of sulfone groups is 1. The SMILES string of the molecule is CCCNCc1cn(CCCS(=O)(=O)CC)cn1. The first-order chi connectivity index (χ1) is 8.57. The topological polar surface area (TPSA) is 64.0 Å². The molecule has 0 atom stereocenters. The Kier molecular flexibility index (Phi) is 6.35. The van der Waals surface area contributed by atoms with Gasteiger partial charge in [0.1, 0.15) is 9.84 Å². The molecule has 1 heterocycles. The van der Waals surface area contributed by atoms with Gasteiger partial charge in [-0.15, -0.1) is 0 Å². The molecule has 18 heavy (non-hydrogen) atoms. The fourth-order valence-electron chi connectivity index (χ4n) is 1.62. The van der Waals surface area contributed by atoms with E-state index in [0.29, 0.717) is 13.0 Å². The van der Waals surface area contributed by atoms with Crippen LogP contribution in [-0.2, 0) is 22.9 Å². The third kappa shape index (κ3) is 5.64. The van der Waals surface area contributed by atoms with Crippen molar-refractivity contribution < 1.29 is 8.42 Å². The number of rotatable bonds is 9. The average molecular weight is 273 g/mol. The highest BCUT2D eigenvalue weighted by Gasteiger charge is 2.06. The summed E-state index contributed by atoms with van der Waals surface area (Å²) in [4.78, 5) is 4.27. The van der Waals surface area contributed by atoms with Crippen LogP contribution in [0.3, 0.4) is 0 Å². The summed E-state index contributed by atoms with van der Waals surface area (Å²) >= 11 is 0. The van der Waals surface area contributed by atoms with Crippen LogP contribution < -0.4 is 5.32 Å². The molecule has 0 unspecified atom stereocenters. The van der Waals surface area contributed by atoms with Crippen LogP contribution in [0.4, 0.5) is 0 Å². The van der Waals surface area contributed by atoms with Crippen LogP contribution in [0.1, 0.15) is 32.4 Å². The van der Waals surface area contributed by atoms with E-state index in [1.807, 2.05) is 10.8 Å². The Hall–Kier alpha value is -0.880. The Morgan fingerprint density at radius 2 is 2.17 bits per heavy atom. The summed E-state index contributed by atoms with van der Waals surface area (Å²) in [6.07, 6.45) is 5.49. The first-order valence-corrected chi connectivity index (χ1v) is 8.31. The molecule has 0 amide bonds. The zero-order chi connectivity index (χ0) is 13.4. The van der Waals surface area contributed by atoms with E-state index in [1.165, 1.54) is 0 Å². The maximum Gasteiger partial charge on any atom is 0.150 e. The van der Waals surface area contributed by atoms with Crippen molar-refractivity contribution in [2.75, 3.05) is 18.1 Å². The molecule has 0 bridgehead atoms. The van der Waals surface area contributed by atoms with Crippen LogP contribution in [0.15, 0.2) is 12.5 Å². The summed E-state index contributed by atoms with van der Waals surface area (Å²) < 4.78 is 24.6. The monoisotopic (exact) mass is 273 g/mol. The van der Waals surface area contributed by atoms with Crippen LogP contribution in [0.5, 0.6) is 0 Å². The highest BCUT2D eigenvalue weighted by atomic mass is 32.2. The van der Waals surface area contributed by atoms with Crippen molar-refractivity contribution in [2.24, 2.45) is 0 Å². The van der Waals surface area contributed by atoms with E-state index in [1.54, 1.807) is 13.3 Å². The number of hydrogen-bond acceptors (Lipinski definition) is 4. The quantitative estimate of drug-likeness (QED) is 0.687. The van der Waals surface area contributed by atoms with Gasteiger partial charge in [0.15, 0.2) is 0 Å². The highest BCUT2D eigenvalue weighted by molar-refractivity contribution is 7.91. The molecule has 1 aromatic rings. The normalized spacial score (nSPS) is 11.9. The van der Waals surface area contributed by atoms with Gasteiger partial charge < -0.3 is 9.88 Å². The van der Waals surface area contributed by atoms with Crippen molar-refractivity contribution in [3.05, 3.63) is 18.2 Å². The molecular formula is C12H23N3O2S. The fraction of sp³-hybridized carbons (Fsp3) is 0.750. The van der Waals surface area contributed by atoms with E-state index in [4.69, 9.17) is 0 Å². The number of nitrogens with one attached hydrogen (secondary N) is 1. The van der Waals surface area contributed by atoms with Gasteiger partial charge >= 0.3 is 0 Å². The summed E-state index contributed by atoms with van der Waals surface area (Å²) in [5.74, 6) is 0.480. The van der Waals surface area contributed by atoms with Gasteiger partial charge in [0.05, 0.1) is 17.8 Å². The van der Waals surface area contributed by atoms with Gasteiger partial charge in [-0.3, -0.25) is 0 Å². The van der Waals surface area contributed by atoms with Crippen LogP contribution in [0.25, 0.3) is 0 Å². The molecule has 104 valence electrons. The van der Waals surface area contributed by atoms with E-state index in [9.17, 15) is 8.42 Å². The molecule has 0 aliphatic heterocycles. The van der Waals surface area contributed by atoms with Crippen LogP contribution in [0.2, 0.25) is 0 Å². The summed E-state index contributed by atoms with van der Waals surface area (Å²) in [6, 6.07) is 0. The van der Waals surface area contributed by atoms with Crippen LogP contribution in [0, 0.1) is 0 Å². The molecule has 0 aromatic carbocycles. The Labute approximate surface area is 110 Å². The van der Waals surface area contributed by atoms with Gasteiger partial charge in [-0.25, -0.2) is 13.4 Å². The van der Waals surface area contributed by atoms with Crippen LogP contribution in [-0.4, -0.2) is 36.0 Å². The lowest BCUT2D eigenvalue weighted by Gasteiger charge is -2.02. The van der Waals surface area contributed by atoms with Crippen molar-refractivity contribution in [3.63, 3.8) is 0 Å². The minimum absolute atomic E-state index is 0.225. The van der Waals surface area contributed by atoms with E-state index >= 15 is 0 Å². The van der Waals surface area contributed by atoms with Gasteiger partial charge in [0.25, 0.3) is 0 Å². The molecule has 0 aliphatic carbocycles. The predicted octanol–water partition coefficient (Wildman–Crippen LogP) is 1.21. The predicted molar refractivity (Wildman–Crippen MR) is 73.2 cm³/mol. The molecule has 0 fully saturated rings. The molecule has 0 radical (unpaired) electrons.